The molecule has 4 heterocycles. The zero-order valence-electron chi connectivity index (χ0n) is 14.9. The third kappa shape index (κ3) is 1.93. The lowest BCUT2D eigenvalue weighted by Gasteiger charge is -2.33. The molecule has 0 unspecified atom stereocenters. The van der Waals surface area contributed by atoms with Crippen molar-refractivity contribution in [3.63, 3.8) is 0 Å². The molecule has 1 aromatic heterocycles. The molecule has 5 heteroatoms. The van der Waals surface area contributed by atoms with Crippen LogP contribution in [-0.4, -0.2) is 51.2 Å². The van der Waals surface area contributed by atoms with Crippen molar-refractivity contribution in [3.8, 4) is 5.69 Å². The molecule has 0 bridgehead atoms. The zero-order chi connectivity index (χ0) is 17.2. The molecule has 5 rings (SSSR count). The van der Waals surface area contributed by atoms with Crippen molar-refractivity contribution < 1.29 is 4.79 Å². The first-order valence-electron chi connectivity index (χ1n) is 9.24. The number of carbonyl (C=O) groups excluding carboxylic acids is 1. The Morgan fingerprint density at radius 1 is 1.32 bits per heavy atom. The quantitative estimate of drug-likeness (QED) is 0.846. The fourth-order valence-corrected chi connectivity index (χ4v) is 5.56. The number of hydrogen-bond acceptors (Lipinski definition) is 3. The number of aromatic nitrogens is 2. The number of carbonyl (C=O) groups is 1. The summed E-state index contributed by atoms with van der Waals surface area (Å²) in [6.45, 7) is 4.06. The summed E-state index contributed by atoms with van der Waals surface area (Å²) in [5.41, 5.74) is 3.47. The van der Waals surface area contributed by atoms with E-state index < -0.39 is 0 Å². The van der Waals surface area contributed by atoms with E-state index in [1.165, 1.54) is 11.1 Å². The van der Waals surface area contributed by atoms with Crippen LogP contribution in [0.4, 0.5) is 0 Å². The Balaban J connectivity index is 1.62. The van der Waals surface area contributed by atoms with Crippen LogP contribution in [0.1, 0.15) is 36.4 Å². The molecule has 0 aliphatic carbocycles. The van der Waals surface area contributed by atoms with Crippen LogP contribution in [0.25, 0.3) is 5.69 Å². The normalized spacial score (nSPS) is 31.6. The van der Waals surface area contributed by atoms with Crippen molar-refractivity contribution in [1.29, 1.82) is 0 Å². The van der Waals surface area contributed by atoms with Crippen molar-refractivity contribution in [2.24, 2.45) is 5.92 Å². The van der Waals surface area contributed by atoms with Gasteiger partial charge in [0.2, 0.25) is 5.91 Å². The Morgan fingerprint density at radius 3 is 3.00 bits per heavy atom. The second-order valence-electron chi connectivity index (χ2n) is 7.87. The smallest absolute Gasteiger partial charge is 0.243 e. The van der Waals surface area contributed by atoms with Gasteiger partial charge in [0, 0.05) is 37.9 Å². The first kappa shape index (κ1) is 15.1. The molecule has 3 aliphatic heterocycles. The maximum atomic E-state index is 13.0. The topological polar surface area (TPSA) is 41.4 Å². The summed E-state index contributed by atoms with van der Waals surface area (Å²) < 4.78 is 1.96. The van der Waals surface area contributed by atoms with E-state index in [9.17, 15) is 4.79 Å². The Labute approximate surface area is 148 Å². The fraction of sp³-hybridized carbons (Fsp3) is 0.500. The monoisotopic (exact) mass is 336 g/mol. The van der Waals surface area contributed by atoms with Crippen molar-refractivity contribution in [2.75, 3.05) is 20.1 Å². The SMILES string of the molecule is Cc1ccc(-n2cccn2)c([C@@H]2C[C@H]3CN(C)C(=O)[C@]34CCCN24)c1. The Bertz CT molecular complexity index is 830. The Kier molecular flexibility index (Phi) is 3.14. The average Bonchev–Trinajstić information content (AvgIpc) is 3.33. The minimum atomic E-state index is -0.245. The molecule has 1 aromatic carbocycles. The number of hydrogen-bond donors (Lipinski definition) is 0. The lowest BCUT2D eigenvalue weighted by Crippen LogP contribution is -2.49. The van der Waals surface area contributed by atoms with Gasteiger partial charge in [0.05, 0.1) is 5.69 Å². The van der Waals surface area contributed by atoms with E-state index in [0.29, 0.717) is 17.9 Å². The van der Waals surface area contributed by atoms with E-state index in [4.69, 9.17) is 0 Å². The summed E-state index contributed by atoms with van der Waals surface area (Å²) in [6, 6.07) is 8.88. The predicted octanol–water partition coefficient (Wildman–Crippen LogP) is 2.55. The number of aryl methyl sites for hydroxylation is 1. The highest BCUT2D eigenvalue weighted by Crippen LogP contribution is 2.56. The van der Waals surface area contributed by atoms with E-state index in [1.807, 2.05) is 35.1 Å². The maximum absolute atomic E-state index is 13.0. The van der Waals surface area contributed by atoms with Gasteiger partial charge in [-0.25, -0.2) is 4.68 Å². The van der Waals surface area contributed by atoms with Crippen LogP contribution in [-0.2, 0) is 4.79 Å². The van der Waals surface area contributed by atoms with Crippen LogP contribution in [0, 0.1) is 12.8 Å². The fourth-order valence-electron chi connectivity index (χ4n) is 5.56. The second kappa shape index (κ2) is 5.18. The molecule has 1 spiro atoms. The molecule has 2 aromatic rings. The first-order valence-corrected chi connectivity index (χ1v) is 9.24. The van der Waals surface area contributed by atoms with E-state index >= 15 is 0 Å². The van der Waals surface area contributed by atoms with Gasteiger partial charge in [-0.3, -0.25) is 9.69 Å². The first-order chi connectivity index (χ1) is 12.1. The summed E-state index contributed by atoms with van der Waals surface area (Å²) in [5.74, 6) is 0.786. The van der Waals surface area contributed by atoms with Gasteiger partial charge in [-0.2, -0.15) is 5.10 Å². The second-order valence-corrected chi connectivity index (χ2v) is 7.87. The molecule has 3 atom stereocenters. The standard InChI is InChI=1S/C20H24N4O/c1-14-5-6-17(24-10-4-8-21-24)16(11-14)18-12-15-13-22(2)19(25)20(15)7-3-9-23(18)20/h4-6,8,10-11,15,18H,3,7,9,12-13H2,1-2H3/t15-,18-,20-/m0/s1. The predicted molar refractivity (Wildman–Crippen MR) is 95.5 cm³/mol. The highest BCUT2D eigenvalue weighted by molar-refractivity contribution is 5.90. The van der Waals surface area contributed by atoms with Crippen LogP contribution in [0.15, 0.2) is 36.7 Å². The summed E-state index contributed by atoms with van der Waals surface area (Å²) in [7, 11) is 1.96. The summed E-state index contributed by atoms with van der Waals surface area (Å²) in [4.78, 5) is 17.5. The number of likely N-dealkylation sites (tertiary alicyclic amines) is 1. The average molecular weight is 336 g/mol. The lowest BCUT2D eigenvalue weighted by molar-refractivity contribution is -0.135. The van der Waals surface area contributed by atoms with Crippen LogP contribution >= 0.6 is 0 Å². The molecule has 1 amide bonds. The van der Waals surface area contributed by atoms with Crippen molar-refractivity contribution in [2.45, 2.75) is 37.8 Å². The third-order valence-electron chi connectivity index (χ3n) is 6.53. The number of benzene rings is 1. The minimum Gasteiger partial charge on any atom is -0.344 e. The van der Waals surface area contributed by atoms with Gasteiger partial charge in [0.1, 0.15) is 5.54 Å². The van der Waals surface area contributed by atoms with Gasteiger partial charge in [0.15, 0.2) is 0 Å². The van der Waals surface area contributed by atoms with Crippen LogP contribution in [0.3, 0.4) is 0 Å². The molecule has 5 nitrogen and oxygen atoms in total. The van der Waals surface area contributed by atoms with E-state index in [0.717, 1.165) is 38.0 Å². The van der Waals surface area contributed by atoms with Crippen LogP contribution in [0.2, 0.25) is 0 Å². The van der Waals surface area contributed by atoms with E-state index in [1.54, 1.807) is 0 Å². The van der Waals surface area contributed by atoms with Gasteiger partial charge in [0.25, 0.3) is 0 Å². The Hall–Kier alpha value is -2.14. The van der Waals surface area contributed by atoms with Gasteiger partial charge < -0.3 is 4.90 Å². The number of likely N-dealkylation sites (N-methyl/N-ethyl adjacent to an activating group) is 1. The largest absolute Gasteiger partial charge is 0.344 e. The van der Waals surface area contributed by atoms with Crippen molar-refractivity contribution in [3.05, 3.63) is 47.8 Å². The molecule has 25 heavy (non-hydrogen) atoms. The maximum Gasteiger partial charge on any atom is 0.243 e. The van der Waals surface area contributed by atoms with Gasteiger partial charge in [-0.1, -0.05) is 17.7 Å². The molecule has 3 aliphatic rings. The summed E-state index contributed by atoms with van der Waals surface area (Å²) in [5, 5.41) is 4.45. The van der Waals surface area contributed by atoms with Gasteiger partial charge >= 0.3 is 0 Å². The number of amides is 1. The minimum absolute atomic E-state index is 0.245. The zero-order valence-corrected chi connectivity index (χ0v) is 14.9. The molecular weight excluding hydrogens is 312 g/mol. The van der Waals surface area contributed by atoms with Crippen molar-refractivity contribution in [1.82, 2.24) is 19.6 Å². The molecule has 0 radical (unpaired) electrons. The highest BCUT2D eigenvalue weighted by atomic mass is 16.2. The van der Waals surface area contributed by atoms with Gasteiger partial charge in [-0.15, -0.1) is 0 Å². The van der Waals surface area contributed by atoms with E-state index in [-0.39, 0.29) is 5.54 Å². The molecule has 130 valence electrons. The van der Waals surface area contributed by atoms with Gasteiger partial charge in [-0.05, 0) is 50.4 Å². The molecule has 0 N–H and O–H groups in total. The molecule has 3 fully saturated rings. The lowest BCUT2D eigenvalue weighted by atomic mass is 9.85. The third-order valence-corrected chi connectivity index (χ3v) is 6.53. The summed E-state index contributed by atoms with van der Waals surface area (Å²) >= 11 is 0. The van der Waals surface area contributed by atoms with E-state index in [2.05, 4.69) is 35.1 Å². The highest BCUT2D eigenvalue weighted by Gasteiger charge is 2.64. The van der Waals surface area contributed by atoms with Crippen LogP contribution in [0.5, 0.6) is 0 Å². The molecular formula is C20H24N4O. The Morgan fingerprint density at radius 2 is 2.20 bits per heavy atom. The number of rotatable bonds is 2. The van der Waals surface area contributed by atoms with Crippen molar-refractivity contribution >= 4 is 5.91 Å². The van der Waals surface area contributed by atoms with Crippen LogP contribution < -0.4 is 0 Å². The summed E-state index contributed by atoms with van der Waals surface area (Å²) in [6.07, 6.45) is 7.02. The molecule has 3 saturated heterocycles. The molecule has 0 saturated carbocycles. The number of nitrogens with zero attached hydrogens (tertiary/aromatic N) is 4.